The van der Waals surface area contributed by atoms with Crippen LogP contribution < -0.4 is 26.2 Å². The molecule has 17 heteroatoms. The van der Waals surface area contributed by atoms with Crippen molar-refractivity contribution in [2.45, 2.75) is 145 Å². The first kappa shape index (κ1) is 43.1. The Morgan fingerprint density at radius 2 is 1.29 bits per heavy atom. The van der Waals surface area contributed by atoms with E-state index in [1.165, 1.54) is 32.1 Å². The Hall–Kier alpha value is -2.29. The molecule has 17 nitrogen and oxygen atoms in total. The highest BCUT2D eigenvalue weighted by atomic mass is 16.7. The van der Waals surface area contributed by atoms with Crippen molar-refractivity contribution in [3.8, 4) is 5.75 Å². The number of ether oxygens (including phenoxy) is 5. The zero-order valence-corrected chi connectivity index (χ0v) is 29.4. The predicted octanol–water partition coefficient (Wildman–Crippen LogP) is -1.47. The van der Waals surface area contributed by atoms with E-state index in [0.717, 1.165) is 19.3 Å². The molecule has 2 aliphatic heterocycles. The maximum Gasteiger partial charge on any atom is 0.272 e. The van der Waals surface area contributed by atoms with Gasteiger partial charge in [0, 0.05) is 26.1 Å². The molecule has 0 radical (unpaired) electrons. The molecule has 1 aromatic rings. The molecule has 0 aromatic heterocycles. The van der Waals surface area contributed by atoms with E-state index in [0.29, 0.717) is 25.9 Å². The fourth-order valence-corrected chi connectivity index (χ4v) is 6.01. The van der Waals surface area contributed by atoms with Gasteiger partial charge in [0.05, 0.1) is 19.8 Å². The molecule has 0 saturated carbocycles. The summed E-state index contributed by atoms with van der Waals surface area (Å²) in [5, 5.41) is 76.3. The zero-order valence-electron chi connectivity index (χ0n) is 29.4. The molecule has 0 bridgehead atoms. The van der Waals surface area contributed by atoms with Crippen molar-refractivity contribution in [2.24, 2.45) is 0 Å². The van der Waals surface area contributed by atoms with E-state index >= 15 is 0 Å². The number of aliphatic hydroxyl groups is 7. The fourth-order valence-electron chi connectivity index (χ4n) is 6.01. The smallest absolute Gasteiger partial charge is 0.272 e. The van der Waals surface area contributed by atoms with Crippen molar-refractivity contribution < 1.29 is 64.2 Å². The fraction of sp³-hybridized carbons (Fsp3) is 0.853. The maximum absolute atomic E-state index is 12.2. The van der Waals surface area contributed by atoms with E-state index in [9.17, 15) is 50.1 Å². The van der Waals surface area contributed by atoms with Crippen molar-refractivity contribution in [2.75, 3.05) is 44.8 Å². The van der Waals surface area contributed by atoms with Crippen LogP contribution in [0.5, 0.6) is 5.75 Å². The number of aliphatic hydroxyl groups excluding tert-OH is 7. The van der Waals surface area contributed by atoms with Gasteiger partial charge in [-0.05, 0) is 19.3 Å². The SMILES string of the molecule is CCCCCCCCCCOc1c(NCCNC(=O)CCCCCO[C@@H]2O[C@H](CO)[C@@H](O[C@@H]3O[C@H](CO)[C@H](O)[C@H](O)[C@H]3O)[C@H](O)[C@H]2O)c(=O)c1=O. The molecule has 2 heterocycles. The topological polar surface area (TPSA) is 263 Å². The molecular weight excluding hydrogens is 676 g/mol. The van der Waals surface area contributed by atoms with Gasteiger partial charge in [0.1, 0.15) is 54.5 Å². The van der Waals surface area contributed by atoms with E-state index in [2.05, 4.69) is 17.6 Å². The lowest BCUT2D eigenvalue weighted by atomic mass is 9.97. The van der Waals surface area contributed by atoms with Crippen molar-refractivity contribution in [3.05, 3.63) is 20.4 Å². The maximum atomic E-state index is 12.2. The third-order valence-corrected chi connectivity index (χ3v) is 9.15. The van der Waals surface area contributed by atoms with Crippen molar-refractivity contribution in [1.29, 1.82) is 0 Å². The van der Waals surface area contributed by atoms with E-state index in [-0.39, 0.29) is 43.5 Å². The largest absolute Gasteiger partial charge is 0.487 e. The Labute approximate surface area is 297 Å². The van der Waals surface area contributed by atoms with Crippen LogP contribution in [0.25, 0.3) is 0 Å². The molecule has 0 unspecified atom stereocenters. The molecule has 294 valence electrons. The number of carbonyl (C=O) groups is 1. The number of nitrogens with one attached hydrogen (secondary N) is 2. The molecule has 1 amide bonds. The molecule has 2 fully saturated rings. The highest BCUT2D eigenvalue weighted by Gasteiger charge is 2.50. The van der Waals surface area contributed by atoms with Crippen LogP contribution >= 0.6 is 0 Å². The van der Waals surface area contributed by atoms with Crippen LogP contribution in [0.1, 0.15) is 84.0 Å². The minimum Gasteiger partial charge on any atom is -0.487 e. The average Bonchev–Trinajstić information content (AvgIpc) is 3.13. The summed E-state index contributed by atoms with van der Waals surface area (Å²) in [6.07, 6.45) is -4.31. The molecule has 3 rings (SSSR count). The standard InChI is InChI=1S/C34H58N2O15/c1-2-3-4-5-6-7-8-11-16-47-32-23(25(41)27(32)43)36-15-14-35-22(39)13-10-9-12-17-48-33-30(46)28(44)31(21(19-38)50-33)51-34-29(45)26(42)24(40)20(18-37)49-34/h20-21,24,26,28-31,33-34,36-38,40,42,44-46H,2-19H2,1H3,(H,35,39)/t20-,21-,24+,26+,28-,29-,30-,31-,33-,34+/m1/s1. The molecule has 2 saturated heterocycles. The van der Waals surface area contributed by atoms with Crippen LogP contribution in [0, 0.1) is 0 Å². The van der Waals surface area contributed by atoms with Gasteiger partial charge in [-0.25, -0.2) is 0 Å². The Kier molecular flexibility index (Phi) is 19.2. The third-order valence-electron chi connectivity index (χ3n) is 9.15. The molecule has 9 N–H and O–H groups in total. The van der Waals surface area contributed by atoms with E-state index in [1.807, 2.05) is 0 Å². The summed E-state index contributed by atoms with van der Waals surface area (Å²) in [4.78, 5) is 36.1. The number of rotatable bonds is 25. The summed E-state index contributed by atoms with van der Waals surface area (Å²) in [5.74, 6) is -0.135. The minimum atomic E-state index is -1.76. The van der Waals surface area contributed by atoms with Crippen LogP contribution in [-0.4, -0.2) is 143 Å². The van der Waals surface area contributed by atoms with Crippen LogP contribution in [0.4, 0.5) is 5.69 Å². The lowest BCUT2D eigenvalue weighted by Crippen LogP contribution is -2.64. The number of carbonyl (C=O) groups excluding carboxylic acids is 1. The van der Waals surface area contributed by atoms with Crippen molar-refractivity contribution in [1.82, 2.24) is 5.32 Å². The summed E-state index contributed by atoms with van der Waals surface area (Å²) < 4.78 is 27.5. The van der Waals surface area contributed by atoms with Gasteiger partial charge in [0.15, 0.2) is 18.3 Å². The van der Waals surface area contributed by atoms with Gasteiger partial charge in [0.25, 0.3) is 10.9 Å². The Morgan fingerprint density at radius 3 is 1.98 bits per heavy atom. The van der Waals surface area contributed by atoms with Gasteiger partial charge in [-0.3, -0.25) is 14.4 Å². The zero-order chi connectivity index (χ0) is 37.3. The van der Waals surface area contributed by atoms with Crippen molar-refractivity contribution in [3.63, 3.8) is 0 Å². The van der Waals surface area contributed by atoms with E-state index in [1.54, 1.807) is 0 Å². The van der Waals surface area contributed by atoms with Gasteiger partial charge in [0.2, 0.25) is 5.91 Å². The summed E-state index contributed by atoms with van der Waals surface area (Å²) in [6, 6.07) is 0. The Balaban J connectivity index is 1.26. The summed E-state index contributed by atoms with van der Waals surface area (Å²) >= 11 is 0. The minimum absolute atomic E-state index is 0.0604. The van der Waals surface area contributed by atoms with Crippen LogP contribution in [0.15, 0.2) is 9.59 Å². The quantitative estimate of drug-likeness (QED) is 0.0410. The van der Waals surface area contributed by atoms with Crippen LogP contribution in [0.3, 0.4) is 0 Å². The van der Waals surface area contributed by atoms with Gasteiger partial charge in [-0.2, -0.15) is 0 Å². The Bertz CT molecular complexity index is 1210. The normalized spacial score (nSPS) is 29.6. The summed E-state index contributed by atoms with van der Waals surface area (Å²) in [6.45, 7) is 1.78. The average molecular weight is 735 g/mol. The number of amides is 1. The second kappa shape index (κ2) is 22.7. The summed E-state index contributed by atoms with van der Waals surface area (Å²) in [7, 11) is 0. The predicted molar refractivity (Wildman–Crippen MR) is 182 cm³/mol. The molecule has 0 spiro atoms. The molecule has 1 aromatic carbocycles. The Morgan fingerprint density at radius 1 is 0.686 bits per heavy atom. The number of anilines is 1. The molecule has 10 atom stereocenters. The lowest BCUT2D eigenvalue weighted by molar-refractivity contribution is -0.359. The highest BCUT2D eigenvalue weighted by Crippen LogP contribution is 2.29. The second-order valence-electron chi connectivity index (χ2n) is 13.1. The summed E-state index contributed by atoms with van der Waals surface area (Å²) in [5.41, 5.74) is -1.11. The molecule has 2 aliphatic rings. The van der Waals surface area contributed by atoms with Crippen LogP contribution in [-0.2, 0) is 23.7 Å². The number of hydrogen-bond acceptors (Lipinski definition) is 16. The van der Waals surface area contributed by atoms with Gasteiger partial charge < -0.3 is 70.1 Å². The van der Waals surface area contributed by atoms with E-state index < -0.39 is 85.5 Å². The van der Waals surface area contributed by atoms with Gasteiger partial charge >= 0.3 is 0 Å². The third kappa shape index (κ3) is 12.7. The first-order valence-electron chi connectivity index (χ1n) is 18.2. The monoisotopic (exact) mass is 734 g/mol. The number of unbranched alkanes of at least 4 members (excludes halogenated alkanes) is 9. The molecule has 51 heavy (non-hydrogen) atoms. The first-order chi connectivity index (χ1) is 24.5. The highest BCUT2D eigenvalue weighted by molar-refractivity contribution is 5.75. The molecular formula is C34H58N2O15. The molecule has 0 aliphatic carbocycles. The number of hydrogen-bond donors (Lipinski definition) is 9. The van der Waals surface area contributed by atoms with Crippen molar-refractivity contribution >= 4 is 11.6 Å². The van der Waals surface area contributed by atoms with Crippen LogP contribution in [0.2, 0.25) is 0 Å². The van der Waals surface area contributed by atoms with Gasteiger partial charge in [-0.1, -0.05) is 58.3 Å². The van der Waals surface area contributed by atoms with E-state index in [4.69, 9.17) is 23.7 Å². The first-order valence-corrected chi connectivity index (χ1v) is 18.2. The lowest BCUT2D eigenvalue weighted by Gasteiger charge is -2.45. The van der Waals surface area contributed by atoms with Gasteiger partial charge in [-0.15, -0.1) is 0 Å². The second-order valence-corrected chi connectivity index (χ2v) is 13.1.